The van der Waals surface area contributed by atoms with Crippen molar-refractivity contribution in [3.05, 3.63) is 30.1 Å². The molecular weight excluding hydrogens is 276 g/mol. The number of methoxy groups -OCH3 is 1. The minimum Gasteiger partial charge on any atom is -0.383 e. The first-order valence-electron chi connectivity index (χ1n) is 5.51. The third-order valence-electron chi connectivity index (χ3n) is 2.31. The quantitative estimate of drug-likeness (QED) is 0.720. The number of ether oxygens (including phenoxy) is 1. The van der Waals surface area contributed by atoms with Gasteiger partial charge in [0.05, 0.1) is 18.4 Å². The molecule has 18 heavy (non-hydrogen) atoms. The minimum atomic E-state index is -3.35. The van der Waals surface area contributed by atoms with Crippen LogP contribution in [0.3, 0.4) is 0 Å². The summed E-state index contributed by atoms with van der Waals surface area (Å²) >= 11 is 5.65. The maximum atomic E-state index is 11.8. The summed E-state index contributed by atoms with van der Waals surface area (Å²) in [6.07, 6.45) is 3.73. The van der Waals surface area contributed by atoms with Gasteiger partial charge in [0, 0.05) is 25.4 Å². The van der Waals surface area contributed by atoms with Gasteiger partial charge in [0.25, 0.3) is 0 Å². The van der Waals surface area contributed by atoms with Gasteiger partial charge >= 0.3 is 0 Å². The normalized spacial score (nSPS) is 13.4. The Morgan fingerprint density at radius 3 is 2.67 bits per heavy atom. The molecule has 1 aromatic rings. The molecule has 1 atom stereocenters. The zero-order valence-electron chi connectivity index (χ0n) is 10.2. The van der Waals surface area contributed by atoms with E-state index >= 15 is 0 Å². The molecule has 0 aromatic carbocycles. The molecule has 5 nitrogen and oxygen atoms in total. The van der Waals surface area contributed by atoms with Crippen LogP contribution in [-0.4, -0.2) is 44.8 Å². The van der Waals surface area contributed by atoms with Gasteiger partial charge in [-0.15, -0.1) is 11.6 Å². The van der Waals surface area contributed by atoms with Crippen LogP contribution in [0.2, 0.25) is 0 Å². The first kappa shape index (κ1) is 15.4. The van der Waals surface area contributed by atoms with Gasteiger partial charge in [0.15, 0.2) is 0 Å². The zero-order valence-corrected chi connectivity index (χ0v) is 11.7. The highest BCUT2D eigenvalue weighted by molar-refractivity contribution is 7.89. The lowest BCUT2D eigenvalue weighted by Crippen LogP contribution is -2.40. The van der Waals surface area contributed by atoms with Gasteiger partial charge in [0.2, 0.25) is 10.0 Å². The number of aromatic nitrogens is 1. The van der Waals surface area contributed by atoms with Crippen molar-refractivity contribution < 1.29 is 13.2 Å². The second-order valence-corrected chi connectivity index (χ2v) is 6.03. The maximum absolute atomic E-state index is 11.8. The van der Waals surface area contributed by atoms with Crippen LogP contribution in [-0.2, 0) is 21.2 Å². The summed E-state index contributed by atoms with van der Waals surface area (Å²) in [5.74, 6) is 0.205. The summed E-state index contributed by atoms with van der Waals surface area (Å²) in [6.45, 7) is 0.262. The van der Waals surface area contributed by atoms with Crippen molar-refractivity contribution in [2.45, 2.75) is 12.5 Å². The molecule has 0 aliphatic heterocycles. The van der Waals surface area contributed by atoms with E-state index in [1.54, 1.807) is 24.5 Å². The smallest absolute Gasteiger partial charge is 0.212 e. The number of aryl methyl sites for hydroxylation is 1. The first-order valence-corrected chi connectivity index (χ1v) is 7.70. The Kier molecular flexibility index (Phi) is 6.56. The highest BCUT2D eigenvalue weighted by Gasteiger charge is 2.16. The lowest BCUT2D eigenvalue weighted by Gasteiger charge is -2.15. The van der Waals surface area contributed by atoms with Crippen LogP contribution in [0.25, 0.3) is 0 Å². The van der Waals surface area contributed by atoms with Crippen molar-refractivity contribution in [2.24, 2.45) is 0 Å². The standard InChI is InChI=1S/C11H17ClN2O3S/c1-17-9-11(8-12)14-18(15,16)7-4-10-2-5-13-6-3-10/h2-3,5-6,11,14H,4,7-9H2,1H3. The fourth-order valence-electron chi connectivity index (χ4n) is 1.43. The van der Waals surface area contributed by atoms with E-state index in [0.717, 1.165) is 5.56 Å². The van der Waals surface area contributed by atoms with Gasteiger partial charge in [0.1, 0.15) is 0 Å². The number of hydrogen-bond acceptors (Lipinski definition) is 4. The fourth-order valence-corrected chi connectivity index (χ4v) is 2.97. The van der Waals surface area contributed by atoms with Crippen LogP contribution < -0.4 is 4.72 Å². The first-order chi connectivity index (χ1) is 8.57. The van der Waals surface area contributed by atoms with Crippen LogP contribution in [0.5, 0.6) is 0 Å². The molecule has 102 valence electrons. The number of alkyl halides is 1. The van der Waals surface area contributed by atoms with E-state index in [-0.39, 0.29) is 24.3 Å². The molecule has 1 N–H and O–H groups in total. The van der Waals surface area contributed by atoms with Gasteiger partial charge in [-0.3, -0.25) is 4.98 Å². The van der Waals surface area contributed by atoms with E-state index in [1.165, 1.54) is 7.11 Å². The number of halogens is 1. The Hall–Kier alpha value is -0.690. The number of nitrogens with one attached hydrogen (secondary N) is 1. The average Bonchev–Trinajstić information content (AvgIpc) is 2.37. The molecule has 0 aliphatic carbocycles. The van der Waals surface area contributed by atoms with Gasteiger partial charge in [-0.05, 0) is 24.1 Å². The third kappa shape index (κ3) is 5.77. The highest BCUT2D eigenvalue weighted by Crippen LogP contribution is 2.01. The number of pyridine rings is 1. The van der Waals surface area contributed by atoms with Crippen molar-refractivity contribution in [1.82, 2.24) is 9.71 Å². The molecule has 1 heterocycles. The van der Waals surface area contributed by atoms with E-state index in [9.17, 15) is 8.42 Å². The van der Waals surface area contributed by atoms with E-state index in [4.69, 9.17) is 16.3 Å². The van der Waals surface area contributed by atoms with Crippen molar-refractivity contribution in [1.29, 1.82) is 0 Å². The number of hydrogen-bond donors (Lipinski definition) is 1. The molecule has 1 rings (SSSR count). The minimum absolute atomic E-state index is 0.0219. The van der Waals surface area contributed by atoms with Crippen LogP contribution >= 0.6 is 11.6 Å². The molecule has 0 aliphatic rings. The van der Waals surface area contributed by atoms with E-state index < -0.39 is 10.0 Å². The van der Waals surface area contributed by atoms with Crippen molar-refractivity contribution in [3.8, 4) is 0 Å². The monoisotopic (exact) mass is 292 g/mol. The molecule has 0 radical (unpaired) electrons. The molecule has 0 amide bonds. The molecule has 0 saturated carbocycles. The molecule has 0 bridgehead atoms. The van der Waals surface area contributed by atoms with E-state index in [2.05, 4.69) is 9.71 Å². The molecule has 0 spiro atoms. The predicted octanol–water partition coefficient (Wildman–Crippen LogP) is 0.797. The Labute approximate surface area is 113 Å². The third-order valence-corrected chi connectivity index (χ3v) is 4.12. The summed E-state index contributed by atoms with van der Waals surface area (Å²) in [4.78, 5) is 3.88. The second-order valence-electron chi connectivity index (χ2n) is 3.85. The van der Waals surface area contributed by atoms with Gasteiger partial charge in [-0.2, -0.15) is 0 Å². The maximum Gasteiger partial charge on any atom is 0.212 e. The summed E-state index contributed by atoms with van der Waals surface area (Å²) in [6, 6.07) is 3.20. The van der Waals surface area contributed by atoms with E-state index in [0.29, 0.717) is 6.42 Å². The lowest BCUT2D eigenvalue weighted by molar-refractivity contribution is 0.181. The second kappa shape index (κ2) is 7.68. The van der Waals surface area contributed by atoms with Crippen LogP contribution in [0.4, 0.5) is 0 Å². The molecule has 7 heteroatoms. The average molecular weight is 293 g/mol. The number of rotatable bonds is 8. The van der Waals surface area contributed by atoms with Crippen LogP contribution in [0, 0.1) is 0 Å². The lowest BCUT2D eigenvalue weighted by atomic mass is 10.2. The Morgan fingerprint density at radius 1 is 1.44 bits per heavy atom. The molecule has 0 saturated heterocycles. The van der Waals surface area contributed by atoms with Crippen LogP contribution in [0.15, 0.2) is 24.5 Å². The number of sulfonamides is 1. The summed E-state index contributed by atoms with van der Waals surface area (Å²) < 4.78 is 31.0. The van der Waals surface area contributed by atoms with Crippen molar-refractivity contribution in [3.63, 3.8) is 0 Å². The SMILES string of the molecule is COCC(CCl)NS(=O)(=O)CCc1ccncc1. The van der Waals surface area contributed by atoms with Crippen molar-refractivity contribution in [2.75, 3.05) is 25.3 Å². The molecular formula is C11H17ClN2O3S. The highest BCUT2D eigenvalue weighted by atomic mass is 35.5. The fraction of sp³-hybridized carbons (Fsp3) is 0.545. The molecule has 1 aromatic heterocycles. The Morgan fingerprint density at radius 2 is 2.11 bits per heavy atom. The summed E-state index contributed by atoms with van der Waals surface area (Å²) in [5, 5.41) is 0. The summed E-state index contributed by atoms with van der Waals surface area (Å²) in [7, 11) is -1.84. The summed E-state index contributed by atoms with van der Waals surface area (Å²) in [5.41, 5.74) is 0.935. The largest absolute Gasteiger partial charge is 0.383 e. The number of nitrogens with zero attached hydrogens (tertiary/aromatic N) is 1. The van der Waals surface area contributed by atoms with Gasteiger partial charge < -0.3 is 4.74 Å². The molecule has 0 fully saturated rings. The van der Waals surface area contributed by atoms with E-state index in [1.807, 2.05) is 0 Å². The van der Waals surface area contributed by atoms with Gasteiger partial charge in [-0.1, -0.05) is 0 Å². The predicted molar refractivity (Wildman–Crippen MR) is 71.2 cm³/mol. The molecule has 1 unspecified atom stereocenters. The zero-order chi connectivity index (χ0) is 13.4. The van der Waals surface area contributed by atoms with Crippen LogP contribution in [0.1, 0.15) is 5.56 Å². The Bertz CT molecular complexity index is 439. The van der Waals surface area contributed by atoms with Gasteiger partial charge in [-0.25, -0.2) is 13.1 Å². The topological polar surface area (TPSA) is 68.3 Å². The van der Waals surface area contributed by atoms with Crippen molar-refractivity contribution >= 4 is 21.6 Å². The Balaban J connectivity index is 2.49.